The van der Waals surface area contributed by atoms with Crippen LogP contribution in [0, 0.1) is 0 Å². The molecule has 0 spiro atoms. The fourth-order valence-corrected chi connectivity index (χ4v) is 3.06. The van der Waals surface area contributed by atoms with Gasteiger partial charge in [0.15, 0.2) is 0 Å². The molecule has 0 fully saturated rings. The van der Waals surface area contributed by atoms with Gasteiger partial charge in [0.05, 0.1) is 16.2 Å². The van der Waals surface area contributed by atoms with Crippen molar-refractivity contribution >= 4 is 51.7 Å². The van der Waals surface area contributed by atoms with E-state index in [0.717, 1.165) is 21.5 Å². The molecule has 0 radical (unpaired) electrons. The van der Waals surface area contributed by atoms with Gasteiger partial charge >= 0.3 is 0 Å². The Morgan fingerprint density at radius 2 is 1.85 bits per heavy atom. The van der Waals surface area contributed by atoms with Crippen LogP contribution in [0.4, 0.5) is 5.69 Å². The van der Waals surface area contributed by atoms with Crippen molar-refractivity contribution in [1.29, 1.82) is 0 Å². The van der Waals surface area contributed by atoms with Crippen molar-refractivity contribution in [2.75, 3.05) is 4.72 Å². The first-order valence-electron chi connectivity index (χ1n) is 5.96. The number of nitrogens with one attached hydrogen (secondary N) is 1. The van der Waals surface area contributed by atoms with Gasteiger partial charge in [0.1, 0.15) is 0 Å². The fraction of sp³-hybridized carbons (Fsp3) is 0. The summed E-state index contributed by atoms with van der Waals surface area (Å²) in [5.41, 5.74) is 1.90. The van der Waals surface area contributed by atoms with E-state index in [1.807, 2.05) is 42.5 Å². The standard InChI is InChI=1S/C15H10Cl2N2S/c16-11-6-7-14(12(17)9-11)20-19-13-5-1-3-10-4-2-8-18-15(10)13/h1-9,19H. The molecule has 100 valence electrons. The largest absolute Gasteiger partial charge is 0.324 e. The molecule has 1 aromatic heterocycles. The molecule has 0 aliphatic carbocycles. The Hall–Kier alpha value is -1.42. The monoisotopic (exact) mass is 320 g/mol. The van der Waals surface area contributed by atoms with E-state index in [4.69, 9.17) is 23.2 Å². The van der Waals surface area contributed by atoms with Crippen LogP contribution in [0.15, 0.2) is 59.6 Å². The van der Waals surface area contributed by atoms with E-state index in [1.165, 1.54) is 11.9 Å². The highest BCUT2D eigenvalue weighted by atomic mass is 35.5. The van der Waals surface area contributed by atoms with Gasteiger partial charge in [-0.05, 0) is 42.3 Å². The van der Waals surface area contributed by atoms with Gasteiger partial charge in [-0.25, -0.2) is 0 Å². The Morgan fingerprint density at radius 1 is 1.00 bits per heavy atom. The second-order valence-electron chi connectivity index (χ2n) is 4.16. The van der Waals surface area contributed by atoms with E-state index in [2.05, 4.69) is 9.71 Å². The highest BCUT2D eigenvalue weighted by Crippen LogP contribution is 2.32. The molecule has 0 saturated heterocycles. The lowest BCUT2D eigenvalue weighted by molar-refractivity contribution is 1.41. The third-order valence-electron chi connectivity index (χ3n) is 2.80. The van der Waals surface area contributed by atoms with E-state index in [0.29, 0.717) is 10.0 Å². The van der Waals surface area contributed by atoms with Crippen LogP contribution >= 0.6 is 35.1 Å². The van der Waals surface area contributed by atoms with Gasteiger partial charge in [-0.2, -0.15) is 0 Å². The summed E-state index contributed by atoms with van der Waals surface area (Å²) < 4.78 is 3.29. The molecule has 1 heterocycles. The summed E-state index contributed by atoms with van der Waals surface area (Å²) in [5, 5.41) is 2.36. The van der Waals surface area contributed by atoms with Crippen molar-refractivity contribution in [3.05, 3.63) is 64.8 Å². The van der Waals surface area contributed by atoms with Crippen molar-refractivity contribution in [3.63, 3.8) is 0 Å². The lowest BCUT2D eigenvalue weighted by atomic mass is 10.2. The first-order chi connectivity index (χ1) is 9.74. The molecule has 2 nitrogen and oxygen atoms in total. The van der Waals surface area contributed by atoms with Crippen LogP contribution in [0.2, 0.25) is 10.0 Å². The van der Waals surface area contributed by atoms with Gasteiger partial charge in [0, 0.05) is 21.5 Å². The maximum atomic E-state index is 6.15. The minimum Gasteiger partial charge on any atom is -0.324 e. The van der Waals surface area contributed by atoms with Gasteiger partial charge in [-0.3, -0.25) is 4.98 Å². The van der Waals surface area contributed by atoms with E-state index < -0.39 is 0 Å². The Labute approximate surface area is 131 Å². The summed E-state index contributed by atoms with van der Waals surface area (Å²) in [7, 11) is 0. The second kappa shape index (κ2) is 5.92. The Bertz CT molecular complexity index is 756. The van der Waals surface area contributed by atoms with Gasteiger partial charge in [0.2, 0.25) is 0 Å². The topological polar surface area (TPSA) is 24.9 Å². The summed E-state index contributed by atoms with van der Waals surface area (Å²) >= 11 is 13.5. The van der Waals surface area contributed by atoms with Crippen molar-refractivity contribution in [2.45, 2.75) is 4.90 Å². The number of para-hydroxylation sites is 1. The highest BCUT2D eigenvalue weighted by molar-refractivity contribution is 8.00. The van der Waals surface area contributed by atoms with E-state index >= 15 is 0 Å². The van der Waals surface area contributed by atoms with Gasteiger partial charge in [0.25, 0.3) is 0 Å². The zero-order valence-corrected chi connectivity index (χ0v) is 12.6. The normalized spacial score (nSPS) is 10.7. The van der Waals surface area contributed by atoms with Crippen LogP contribution in [-0.2, 0) is 0 Å². The summed E-state index contributed by atoms with van der Waals surface area (Å²) in [5.74, 6) is 0. The summed E-state index contributed by atoms with van der Waals surface area (Å²) in [6.45, 7) is 0. The molecule has 0 aliphatic rings. The average molecular weight is 321 g/mol. The summed E-state index contributed by atoms with van der Waals surface area (Å²) in [6, 6.07) is 15.4. The Kier molecular flexibility index (Phi) is 4.01. The highest BCUT2D eigenvalue weighted by Gasteiger charge is 2.05. The fourth-order valence-electron chi connectivity index (χ4n) is 1.85. The van der Waals surface area contributed by atoms with Gasteiger partial charge < -0.3 is 4.72 Å². The minimum absolute atomic E-state index is 0.628. The molecule has 20 heavy (non-hydrogen) atoms. The van der Waals surface area contributed by atoms with Crippen LogP contribution in [0.5, 0.6) is 0 Å². The quantitative estimate of drug-likeness (QED) is 0.630. The van der Waals surface area contributed by atoms with E-state index in [-0.39, 0.29) is 0 Å². The minimum atomic E-state index is 0.628. The lowest BCUT2D eigenvalue weighted by Crippen LogP contribution is -1.90. The maximum Gasteiger partial charge on any atom is 0.0941 e. The summed E-state index contributed by atoms with van der Waals surface area (Å²) in [6.07, 6.45) is 1.79. The molecular weight excluding hydrogens is 311 g/mol. The van der Waals surface area contributed by atoms with Crippen molar-refractivity contribution < 1.29 is 0 Å². The number of nitrogens with zero attached hydrogens (tertiary/aromatic N) is 1. The zero-order chi connectivity index (χ0) is 13.9. The molecule has 5 heteroatoms. The molecule has 2 aromatic carbocycles. The number of rotatable bonds is 3. The molecule has 0 amide bonds. The molecule has 0 saturated carbocycles. The molecule has 1 N–H and O–H groups in total. The first kappa shape index (κ1) is 13.6. The number of hydrogen-bond acceptors (Lipinski definition) is 3. The van der Waals surface area contributed by atoms with Crippen LogP contribution in [-0.4, -0.2) is 4.98 Å². The first-order valence-corrected chi connectivity index (χ1v) is 7.53. The second-order valence-corrected chi connectivity index (χ2v) is 5.85. The van der Waals surface area contributed by atoms with Gasteiger partial charge in [-0.15, -0.1) is 0 Å². The number of fused-ring (bicyclic) bond motifs is 1. The molecular formula is C15H10Cl2N2S. The van der Waals surface area contributed by atoms with Crippen molar-refractivity contribution in [3.8, 4) is 0 Å². The predicted octanol–water partition coefficient (Wildman–Crippen LogP) is 5.66. The van der Waals surface area contributed by atoms with Crippen LogP contribution < -0.4 is 4.72 Å². The van der Waals surface area contributed by atoms with Crippen LogP contribution in [0.3, 0.4) is 0 Å². The third-order valence-corrected chi connectivity index (χ3v) is 4.36. The molecule has 0 aliphatic heterocycles. The predicted molar refractivity (Wildman–Crippen MR) is 87.7 cm³/mol. The molecule has 3 rings (SSSR count). The third kappa shape index (κ3) is 2.85. The number of aromatic nitrogens is 1. The number of pyridine rings is 1. The molecule has 3 aromatic rings. The number of halogens is 2. The van der Waals surface area contributed by atoms with E-state index in [9.17, 15) is 0 Å². The van der Waals surface area contributed by atoms with E-state index in [1.54, 1.807) is 12.3 Å². The van der Waals surface area contributed by atoms with Crippen molar-refractivity contribution in [2.24, 2.45) is 0 Å². The molecule has 0 unspecified atom stereocenters. The Morgan fingerprint density at radius 3 is 2.70 bits per heavy atom. The lowest BCUT2D eigenvalue weighted by Gasteiger charge is -2.09. The summed E-state index contributed by atoms with van der Waals surface area (Å²) in [4.78, 5) is 5.32. The molecule has 0 bridgehead atoms. The SMILES string of the molecule is Clc1ccc(SNc2cccc3cccnc23)c(Cl)c1. The number of anilines is 1. The van der Waals surface area contributed by atoms with Crippen molar-refractivity contribution in [1.82, 2.24) is 4.98 Å². The van der Waals surface area contributed by atoms with Crippen LogP contribution in [0.1, 0.15) is 0 Å². The number of benzene rings is 2. The molecule has 0 atom stereocenters. The van der Waals surface area contributed by atoms with Crippen LogP contribution in [0.25, 0.3) is 10.9 Å². The van der Waals surface area contributed by atoms with Gasteiger partial charge in [-0.1, -0.05) is 41.4 Å². The maximum absolute atomic E-state index is 6.15. The zero-order valence-electron chi connectivity index (χ0n) is 10.3. The Balaban J connectivity index is 1.87. The number of hydrogen-bond donors (Lipinski definition) is 1. The smallest absolute Gasteiger partial charge is 0.0941 e. The average Bonchev–Trinajstić information content (AvgIpc) is 2.46.